The lowest BCUT2D eigenvalue weighted by molar-refractivity contribution is -0.386. The molecule has 1 aromatic carbocycles. The van der Waals surface area contributed by atoms with E-state index in [1.807, 2.05) is 0 Å². The Bertz CT molecular complexity index is 378. The summed E-state index contributed by atoms with van der Waals surface area (Å²) in [6.45, 7) is 3.24. The van der Waals surface area contributed by atoms with Crippen LogP contribution in [0, 0.1) is 15.9 Å². The first-order chi connectivity index (χ1) is 6.57. The van der Waals surface area contributed by atoms with Crippen molar-refractivity contribution in [2.24, 2.45) is 0 Å². The third-order valence-electron chi connectivity index (χ3n) is 1.75. The van der Waals surface area contributed by atoms with E-state index >= 15 is 0 Å². The maximum atomic E-state index is 13.1. The minimum absolute atomic E-state index is 0.354. The standard InChI is InChI=1S/C9H8FNO3/c1-2-8(12)9-6(10)4-3-5-7(9)11(13)14/h2-5,8,12H,1H2. The number of aliphatic hydroxyl groups excluding tert-OH is 1. The Balaban J connectivity index is 3.36. The van der Waals surface area contributed by atoms with E-state index in [1.54, 1.807) is 0 Å². The van der Waals surface area contributed by atoms with Gasteiger partial charge in [0, 0.05) is 6.07 Å². The molecule has 0 bridgehead atoms. The molecule has 4 nitrogen and oxygen atoms in total. The van der Waals surface area contributed by atoms with Crippen LogP contribution in [0.5, 0.6) is 0 Å². The van der Waals surface area contributed by atoms with Gasteiger partial charge in [-0.25, -0.2) is 4.39 Å². The van der Waals surface area contributed by atoms with Crippen LogP contribution in [0.3, 0.4) is 0 Å². The van der Waals surface area contributed by atoms with Crippen LogP contribution in [0.15, 0.2) is 30.9 Å². The van der Waals surface area contributed by atoms with Gasteiger partial charge in [-0.1, -0.05) is 12.1 Å². The molecule has 1 rings (SSSR count). The lowest BCUT2D eigenvalue weighted by Gasteiger charge is -2.06. The summed E-state index contributed by atoms with van der Waals surface area (Å²) in [7, 11) is 0. The molecule has 14 heavy (non-hydrogen) atoms. The summed E-state index contributed by atoms with van der Waals surface area (Å²) in [4.78, 5) is 9.74. The van der Waals surface area contributed by atoms with Crippen molar-refractivity contribution in [2.45, 2.75) is 6.10 Å². The second-order valence-electron chi connectivity index (χ2n) is 2.61. The molecule has 0 heterocycles. The fraction of sp³-hybridized carbons (Fsp3) is 0.111. The molecule has 1 atom stereocenters. The molecule has 0 aromatic heterocycles. The molecule has 0 aliphatic rings. The summed E-state index contributed by atoms with van der Waals surface area (Å²) in [5.74, 6) is -0.813. The number of nitrogens with zero attached hydrogens (tertiary/aromatic N) is 1. The van der Waals surface area contributed by atoms with Crippen molar-refractivity contribution in [3.05, 3.63) is 52.3 Å². The van der Waals surface area contributed by atoms with Crippen LogP contribution in [0.2, 0.25) is 0 Å². The average molecular weight is 197 g/mol. The van der Waals surface area contributed by atoms with Gasteiger partial charge in [-0.3, -0.25) is 10.1 Å². The number of aliphatic hydroxyl groups is 1. The monoisotopic (exact) mass is 197 g/mol. The first-order valence-corrected chi connectivity index (χ1v) is 3.81. The molecule has 1 N–H and O–H groups in total. The second-order valence-corrected chi connectivity index (χ2v) is 2.61. The fourth-order valence-electron chi connectivity index (χ4n) is 1.10. The Morgan fingerprint density at radius 2 is 2.29 bits per heavy atom. The van der Waals surface area contributed by atoms with Crippen molar-refractivity contribution in [2.75, 3.05) is 0 Å². The highest BCUT2D eigenvalue weighted by molar-refractivity contribution is 5.43. The van der Waals surface area contributed by atoms with Gasteiger partial charge < -0.3 is 5.11 Å². The predicted octanol–water partition coefficient (Wildman–Crippen LogP) is 1.95. The smallest absolute Gasteiger partial charge is 0.278 e. The van der Waals surface area contributed by atoms with Crippen molar-refractivity contribution in [1.82, 2.24) is 0 Å². The van der Waals surface area contributed by atoms with Crippen molar-refractivity contribution in [1.29, 1.82) is 0 Å². The largest absolute Gasteiger partial charge is 0.384 e. The van der Waals surface area contributed by atoms with Gasteiger partial charge in [0.15, 0.2) is 0 Å². The highest BCUT2D eigenvalue weighted by atomic mass is 19.1. The maximum Gasteiger partial charge on any atom is 0.278 e. The zero-order chi connectivity index (χ0) is 10.7. The van der Waals surface area contributed by atoms with E-state index in [0.717, 1.165) is 18.2 Å². The summed E-state index contributed by atoms with van der Waals surface area (Å²) in [6, 6.07) is 3.40. The summed E-state index contributed by atoms with van der Waals surface area (Å²) >= 11 is 0. The van der Waals surface area contributed by atoms with E-state index in [0.29, 0.717) is 0 Å². The lowest BCUT2D eigenvalue weighted by Crippen LogP contribution is -2.02. The summed E-state index contributed by atoms with van der Waals surface area (Å²) in [6.07, 6.45) is -0.331. The van der Waals surface area contributed by atoms with Crippen molar-refractivity contribution >= 4 is 5.69 Å². The molecule has 74 valence electrons. The van der Waals surface area contributed by atoms with Gasteiger partial charge in [0.05, 0.1) is 10.5 Å². The minimum atomic E-state index is -1.36. The molecule has 0 aliphatic heterocycles. The van der Waals surface area contributed by atoms with Crippen molar-refractivity contribution < 1.29 is 14.4 Å². The molecule has 0 amide bonds. The van der Waals surface area contributed by atoms with Gasteiger partial charge in [0.25, 0.3) is 5.69 Å². The maximum absolute atomic E-state index is 13.1. The van der Waals surface area contributed by atoms with Gasteiger partial charge in [0.2, 0.25) is 0 Å². The highest BCUT2D eigenvalue weighted by Gasteiger charge is 2.22. The Morgan fingerprint density at radius 3 is 2.79 bits per heavy atom. The number of halogens is 1. The van der Waals surface area contributed by atoms with Crippen molar-refractivity contribution in [3.8, 4) is 0 Å². The van der Waals surface area contributed by atoms with Gasteiger partial charge >= 0.3 is 0 Å². The second kappa shape index (κ2) is 3.97. The summed E-state index contributed by atoms with van der Waals surface area (Å²) in [5, 5.41) is 19.8. The van der Waals surface area contributed by atoms with E-state index in [9.17, 15) is 19.6 Å². The molecule has 0 spiro atoms. The third-order valence-corrected chi connectivity index (χ3v) is 1.75. The molecule has 1 aromatic rings. The molecule has 1 unspecified atom stereocenters. The zero-order valence-corrected chi connectivity index (χ0v) is 7.18. The lowest BCUT2D eigenvalue weighted by atomic mass is 10.1. The molecule has 0 saturated heterocycles. The molecule has 0 radical (unpaired) electrons. The van der Waals surface area contributed by atoms with Gasteiger partial charge in [-0.15, -0.1) is 6.58 Å². The van der Waals surface area contributed by atoms with Crippen LogP contribution in [0.1, 0.15) is 11.7 Å². The Morgan fingerprint density at radius 1 is 1.64 bits per heavy atom. The van der Waals surface area contributed by atoms with E-state index in [-0.39, 0.29) is 5.56 Å². The van der Waals surface area contributed by atoms with E-state index in [2.05, 4.69) is 6.58 Å². The van der Waals surface area contributed by atoms with E-state index in [4.69, 9.17) is 0 Å². The van der Waals surface area contributed by atoms with Gasteiger partial charge in [-0.2, -0.15) is 0 Å². The number of benzene rings is 1. The molecule has 0 aliphatic carbocycles. The van der Waals surface area contributed by atoms with Gasteiger partial charge in [0.1, 0.15) is 11.9 Å². The van der Waals surface area contributed by atoms with Crippen LogP contribution in [-0.4, -0.2) is 10.0 Å². The van der Waals surface area contributed by atoms with Crippen LogP contribution < -0.4 is 0 Å². The number of hydrogen-bond donors (Lipinski definition) is 1. The van der Waals surface area contributed by atoms with E-state index in [1.165, 1.54) is 6.07 Å². The normalized spacial score (nSPS) is 12.1. The Hall–Kier alpha value is -1.75. The van der Waals surface area contributed by atoms with Crippen LogP contribution >= 0.6 is 0 Å². The highest BCUT2D eigenvalue weighted by Crippen LogP contribution is 2.27. The Kier molecular flexibility index (Phi) is 2.93. The first kappa shape index (κ1) is 10.3. The van der Waals surface area contributed by atoms with Crippen LogP contribution in [0.4, 0.5) is 10.1 Å². The third kappa shape index (κ3) is 1.77. The van der Waals surface area contributed by atoms with Crippen LogP contribution in [-0.2, 0) is 0 Å². The summed E-state index contributed by atoms with van der Waals surface area (Å²) < 4.78 is 13.1. The van der Waals surface area contributed by atoms with Crippen molar-refractivity contribution in [3.63, 3.8) is 0 Å². The zero-order valence-electron chi connectivity index (χ0n) is 7.18. The average Bonchev–Trinajstić information content (AvgIpc) is 2.16. The topological polar surface area (TPSA) is 63.4 Å². The number of rotatable bonds is 3. The Labute approximate surface area is 79.4 Å². The first-order valence-electron chi connectivity index (χ1n) is 3.81. The minimum Gasteiger partial charge on any atom is -0.384 e. The molecular weight excluding hydrogens is 189 g/mol. The molecular formula is C9H8FNO3. The fourth-order valence-corrected chi connectivity index (χ4v) is 1.10. The SMILES string of the molecule is C=CC(O)c1c(F)cccc1[N+](=O)[O-]. The van der Waals surface area contributed by atoms with Gasteiger partial charge in [-0.05, 0) is 6.07 Å². The number of nitro benzene ring substituents is 1. The number of nitro groups is 1. The summed E-state index contributed by atoms with van der Waals surface area (Å²) in [5.41, 5.74) is -0.801. The van der Waals surface area contributed by atoms with E-state index < -0.39 is 22.5 Å². The van der Waals surface area contributed by atoms with Crippen LogP contribution in [0.25, 0.3) is 0 Å². The quantitative estimate of drug-likeness (QED) is 0.457. The number of hydrogen-bond acceptors (Lipinski definition) is 3. The predicted molar refractivity (Wildman–Crippen MR) is 48.2 cm³/mol. The molecule has 5 heteroatoms. The molecule has 0 fully saturated rings. The molecule has 0 saturated carbocycles.